The highest BCUT2D eigenvalue weighted by Crippen LogP contribution is 2.27. The molecule has 1 aromatic carbocycles. The minimum atomic E-state index is 0.111. The largest absolute Gasteiger partial charge is 0.493 e. The molecule has 2 N–H and O–H groups in total. The van der Waals surface area contributed by atoms with E-state index in [0.29, 0.717) is 30.3 Å². The van der Waals surface area contributed by atoms with E-state index >= 15 is 0 Å². The number of ether oxygens (including phenoxy) is 2. The number of nitrogens with one attached hydrogen (secondary N) is 2. The minimum absolute atomic E-state index is 0.111. The molecule has 2 rings (SSSR count). The van der Waals surface area contributed by atoms with Gasteiger partial charge in [0.1, 0.15) is 0 Å². The van der Waals surface area contributed by atoms with Crippen molar-refractivity contribution in [1.29, 1.82) is 0 Å². The number of benzene rings is 1. The zero-order chi connectivity index (χ0) is 15.8. The van der Waals surface area contributed by atoms with Crippen LogP contribution in [0.25, 0.3) is 0 Å². The number of carbonyl (C=O) groups is 1. The number of aryl methyl sites for hydroxylation is 1. The van der Waals surface area contributed by atoms with Crippen LogP contribution in [-0.2, 0) is 11.2 Å². The van der Waals surface area contributed by atoms with E-state index in [1.54, 1.807) is 14.2 Å². The third-order valence-corrected chi connectivity index (χ3v) is 4.08. The lowest BCUT2D eigenvalue weighted by molar-refractivity contribution is -0.121. The Morgan fingerprint density at radius 2 is 2.14 bits per heavy atom. The van der Waals surface area contributed by atoms with Gasteiger partial charge in [-0.2, -0.15) is 0 Å². The Kier molecular flexibility index (Phi) is 6.52. The molecule has 0 radical (unpaired) electrons. The maximum absolute atomic E-state index is 11.9. The van der Waals surface area contributed by atoms with E-state index < -0.39 is 0 Å². The molecule has 1 aliphatic heterocycles. The van der Waals surface area contributed by atoms with Crippen molar-refractivity contribution in [2.45, 2.75) is 25.7 Å². The van der Waals surface area contributed by atoms with Crippen LogP contribution in [0.15, 0.2) is 18.2 Å². The summed E-state index contributed by atoms with van der Waals surface area (Å²) in [7, 11) is 3.23. The zero-order valence-corrected chi connectivity index (χ0v) is 13.5. The van der Waals surface area contributed by atoms with Crippen molar-refractivity contribution < 1.29 is 14.3 Å². The van der Waals surface area contributed by atoms with Gasteiger partial charge in [-0.05, 0) is 56.0 Å². The third kappa shape index (κ3) is 4.91. The summed E-state index contributed by atoms with van der Waals surface area (Å²) in [6.45, 7) is 2.89. The quantitative estimate of drug-likeness (QED) is 0.806. The Hall–Kier alpha value is -1.75. The van der Waals surface area contributed by atoms with Crippen LogP contribution in [0.4, 0.5) is 0 Å². The molecule has 0 aromatic heterocycles. The lowest BCUT2D eigenvalue weighted by Crippen LogP contribution is -2.38. The van der Waals surface area contributed by atoms with Gasteiger partial charge in [-0.1, -0.05) is 6.07 Å². The molecule has 22 heavy (non-hydrogen) atoms. The number of rotatable bonds is 7. The maximum atomic E-state index is 11.9. The van der Waals surface area contributed by atoms with Crippen molar-refractivity contribution in [3.05, 3.63) is 23.8 Å². The Labute approximate surface area is 132 Å². The first-order valence-corrected chi connectivity index (χ1v) is 7.91. The molecule has 1 fully saturated rings. The molecule has 5 nitrogen and oxygen atoms in total. The van der Waals surface area contributed by atoms with Gasteiger partial charge in [-0.15, -0.1) is 0 Å². The van der Waals surface area contributed by atoms with Crippen molar-refractivity contribution in [1.82, 2.24) is 10.6 Å². The van der Waals surface area contributed by atoms with Gasteiger partial charge in [0.2, 0.25) is 5.91 Å². The van der Waals surface area contributed by atoms with E-state index in [-0.39, 0.29) is 5.91 Å². The van der Waals surface area contributed by atoms with Gasteiger partial charge in [-0.25, -0.2) is 0 Å². The summed E-state index contributed by atoms with van der Waals surface area (Å²) in [4.78, 5) is 11.9. The first-order chi connectivity index (χ1) is 10.7. The van der Waals surface area contributed by atoms with Crippen LogP contribution in [0.2, 0.25) is 0 Å². The predicted octanol–water partition coefficient (Wildman–Crippen LogP) is 1.75. The van der Waals surface area contributed by atoms with Crippen molar-refractivity contribution in [2.24, 2.45) is 5.92 Å². The summed E-state index contributed by atoms with van der Waals surface area (Å²) in [5.41, 5.74) is 1.08. The number of hydrogen-bond acceptors (Lipinski definition) is 4. The number of methoxy groups -OCH3 is 2. The lowest BCUT2D eigenvalue weighted by atomic mass is 9.99. The second kappa shape index (κ2) is 8.63. The van der Waals surface area contributed by atoms with Gasteiger partial charge in [0.15, 0.2) is 11.5 Å². The van der Waals surface area contributed by atoms with E-state index in [2.05, 4.69) is 10.6 Å². The fourth-order valence-electron chi connectivity index (χ4n) is 2.74. The molecular weight excluding hydrogens is 280 g/mol. The predicted molar refractivity (Wildman–Crippen MR) is 86.5 cm³/mol. The lowest BCUT2D eigenvalue weighted by Gasteiger charge is -2.22. The van der Waals surface area contributed by atoms with Crippen LogP contribution in [0.5, 0.6) is 11.5 Å². The van der Waals surface area contributed by atoms with Crippen LogP contribution in [0.1, 0.15) is 24.8 Å². The van der Waals surface area contributed by atoms with E-state index in [9.17, 15) is 4.79 Å². The molecule has 1 amide bonds. The Morgan fingerprint density at radius 1 is 1.32 bits per heavy atom. The Balaban J connectivity index is 1.75. The van der Waals surface area contributed by atoms with Crippen molar-refractivity contribution >= 4 is 5.91 Å². The highest BCUT2D eigenvalue weighted by molar-refractivity contribution is 5.76. The van der Waals surface area contributed by atoms with Gasteiger partial charge < -0.3 is 20.1 Å². The van der Waals surface area contributed by atoms with Gasteiger partial charge in [0, 0.05) is 13.0 Å². The highest BCUT2D eigenvalue weighted by Gasteiger charge is 2.14. The van der Waals surface area contributed by atoms with E-state index in [1.165, 1.54) is 12.8 Å². The summed E-state index contributed by atoms with van der Waals surface area (Å²) in [6, 6.07) is 5.77. The molecule has 0 saturated carbocycles. The van der Waals surface area contributed by atoms with Gasteiger partial charge >= 0.3 is 0 Å². The summed E-state index contributed by atoms with van der Waals surface area (Å²) >= 11 is 0. The smallest absolute Gasteiger partial charge is 0.220 e. The molecule has 0 aliphatic carbocycles. The standard InChI is InChI=1S/C17H26N2O3/c1-21-15-7-5-13(10-16(15)22-2)6-8-17(20)19-12-14-4-3-9-18-11-14/h5,7,10,14,18H,3-4,6,8-9,11-12H2,1-2H3,(H,19,20). The summed E-state index contributed by atoms with van der Waals surface area (Å²) in [5.74, 6) is 2.09. The van der Waals surface area contributed by atoms with Crippen molar-refractivity contribution in [3.63, 3.8) is 0 Å². The average molecular weight is 306 g/mol. The van der Waals surface area contributed by atoms with E-state index in [1.807, 2.05) is 18.2 Å². The molecule has 1 unspecified atom stereocenters. The zero-order valence-electron chi connectivity index (χ0n) is 13.5. The van der Waals surface area contributed by atoms with E-state index in [0.717, 1.165) is 25.2 Å². The van der Waals surface area contributed by atoms with Crippen LogP contribution >= 0.6 is 0 Å². The highest BCUT2D eigenvalue weighted by atomic mass is 16.5. The van der Waals surface area contributed by atoms with Gasteiger partial charge in [0.05, 0.1) is 14.2 Å². The number of carbonyl (C=O) groups excluding carboxylic acids is 1. The molecule has 0 bridgehead atoms. The molecule has 1 heterocycles. The molecule has 1 atom stereocenters. The van der Waals surface area contributed by atoms with Crippen LogP contribution < -0.4 is 20.1 Å². The normalized spacial score (nSPS) is 17.8. The third-order valence-electron chi connectivity index (χ3n) is 4.08. The molecular formula is C17H26N2O3. The Morgan fingerprint density at radius 3 is 2.82 bits per heavy atom. The number of amides is 1. The molecule has 5 heteroatoms. The van der Waals surface area contributed by atoms with Gasteiger partial charge in [0.25, 0.3) is 0 Å². The average Bonchev–Trinajstić information content (AvgIpc) is 2.58. The first-order valence-electron chi connectivity index (χ1n) is 7.91. The fraction of sp³-hybridized carbons (Fsp3) is 0.588. The van der Waals surface area contributed by atoms with Crippen LogP contribution in [0, 0.1) is 5.92 Å². The SMILES string of the molecule is COc1ccc(CCC(=O)NCC2CCCNC2)cc1OC. The monoisotopic (exact) mass is 306 g/mol. The number of piperidine rings is 1. The van der Waals surface area contributed by atoms with Gasteiger partial charge in [-0.3, -0.25) is 4.79 Å². The molecule has 1 aromatic rings. The molecule has 1 aliphatic rings. The summed E-state index contributed by atoms with van der Waals surface area (Å²) in [6.07, 6.45) is 3.60. The van der Waals surface area contributed by atoms with Crippen molar-refractivity contribution in [2.75, 3.05) is 33.9 Å². The second-order valence-electron chi connectivity index (χ2n) is 5.71. The second-order valence-corrected chi connectivity index (χ2v) is 5.71. The number of hydrogen-bond donors (Lipinski definition) is 2. The maximum Gasteiger partial charge on any atom is 0.220 e. The Bertz CT molecular complexity index is 485. The van der Waals surface area contributed by atoms with Crippen LogP contribution in [0.3, 0.4) is 0 Å². The van der Waals surface area contributed by atoms with Crippen molar-refractivity contribution in [3.8, 4) is 11.5 Å². The topological polar surface area (TPSA) is 59.6 Å². The molecule has 122 valence electrons. The minimum Gasteiger partial charge on any atom is -0.493 e. The molecule has 1 saturated heterocycles. The fourth-order valence-corrected chi connectivity index (χ4v) is 2.74. The molecule has 0 spiro atoms. The van der Waals surface area contributed by atoms with E-state index in [4.69, 9.17) is 9.47 Å². The first kappa shape index (κ1) is 16.6. The summed E-state index contributed by atoms with van der Waals surface area (Å²) < 4.78 is 10.5. The van der Waals surface area contributed by atoms with Crippen LogP contribution in [-0.4, -0.2) is 39.8 Å². The summed E-state index contributed by atoms with van der Waals surface area (Å²) in [5, 5.41) is 6.40.